The van der Waals surface area contributed by atoms with Gasteiger partial charge in [0.1, 0.15) is 5.82 Å². The van der Waals surface area contributed by atoms with Crippen LogP contribution in [0, 0.1) is 0 Å². The Bertz CT molecular complexity index is 871. The van der Waals surface area contributed by atoms with Crippen LogP contribution in [0.15, 0.2) is 41.8 Å². The van der Waals surface area contributed by atoms with E-state index in [0.29, 0.717) is 6.04 Å². The number of para-hydroxylation sites is 1. The van der Waals surface area contributed by atoms with Gasteiger partial charge in [-0.25, -0.2) is 9.97 Å². The minimum atomic E-state index is 0.475. The average Bonchev–Trinajstić information content (AvgIpc) is 3.26. The molecular weight excluding hydrogens is 354 g/mol. The van der Waals surface area contributed by atoms with Crippen molar-refractivity contribution in [3.8, 4) is 10.7 Å². The molecule has 0 aliphatic carbocycles. The normalized spacial score (nSPS) is 17.3. The summed E-state index contributed by atoms with van der Waals surface area (Å²) < 4.78 is 0. The Kier molecular flexibility index (Phi) is 5.66. The van der Waals surface area contributed by atoms with Crippen LogP contribution in [0.2, 0.25) is 0 Å². The Labute approximate surface area is 165 Å². The van der Waals surface area contributed by atoms with Gasteiger partial charge in [-0.05, 0) is 37.0 Å². The summed E-state index contributed by atoms with van der Waals surface area (Å²) in [6, 6.07) is 12.8. The number of hydrogen-bond acceptors (Lipinski definition) is 6. The van der Waals surface area contributed by atoms with E-state index in [0.717, 1.165) is 53.6 Å². The highest BCUT2D eigenvalue weighted by atomic mass is 32.1. The van der Waals surface area contributed by atoms with Crippen molar-refractivity contribution < 1.29 is 0 Å². The summed E-state index contributed by atoms with van der Waals surface area (Å²) in [5, 5.41) is 6.76. The Morgan fingerprint density at radius 1 is 1.07 bits per heavy atom. The number of benzene rings is 1. The fraction of sp³-hybridized carbons (Fsp3) is 0.429. The van der Waals surface area contributed by atoms with Gasteiger partial charge >= 0.3 is 0 Å². The number of hydrogen-bond donors (Lipinski definition) is 1. The molecule has 1 atom stereocenters. The fourth-order valence-corrected chi connectivity index (χ4v) is 4.28. The smallest absolute Gasteiger partial charge is 0.172 e. The Balaban J connectivity index is 1.51. The number of thiophene rings is 1. The summed E-state index contributed by atoms with van der Waals surface area (Å²) in [7, 11) is 0. The van der Waals surface area contributed by atoms with Crippen LogP contribution in [0.5, 0.6) is 0 Å². The van der Waals surface area contributed by atoms with Gasteiger partial charge in [-0.1, -0.05) is 25.1 Å². The number of nitrogens with one attached hydrogen (secondary N) is 1. The van der Waals surface area contributed by atoms with E-state index < -0.39 is 0 Å². The summed E-state index contributed by atoms with van der Waals surface area (Å²) in [6.07, 6.45) is 0. The number of rotatable bonds is 6. The second kappa shape index (κ2) is 8.33. The van der Waals surface area contributed by atoms with Crippen molar-refractivity contribution in [1.29, 1.82) is 0 Å². The molecule has 1 fully saturated rings. The summed E-state index contributed by atoms with van der Waals surface area (Å²) in [4.78, 5) is 15.8. The van der Waals surface area contributed by atoms with Gasteiger partial charge in [0.25, 0.3) is 0 Å². The van der Waals surface area contributed by atoms with Gasteiger partial charge < -0.3 is 10.2 Å². The predicted octanol–water partition coefficient (Wildman–Crippen LogP) is 3.80. The Hall–Kier alpha value is -2.02. The predicted molar refractivity (Wildman–Crippen MR) is 114 cm³/mol. The van der Waals surface area contributed by atoms with Gasteiger partial charge in [-0.3, -0.25) is 4.90 Å². The molecule has 5 nitrogen and oxygen atoms in total. The zero-order valence-corrected chi connectivity index (χ0v) is 16.9. The molecule has 0 radical (unpaired) electrons. The van der Waals surface area contributed by atoms with Crippen molar-refractivity contribution >= 4 is 28.1 Å². The molecule has 1 unspecified atom stereocenters. The number of aromatic nitrogens is 2. The first-order valence-electron chi connectivity index (χ1n) is 9.75. The van der Waals surface area contributed by atoms with Crippen LogP contribution in [-0.4, -0.2) is 65.1 Å². The lowest BCUT2D eigenvalue weighted by molar-refractivity contribution is 0.110. The zero-order chi connectivity index (χ0) is 18.6. The van der Waals surface area contributed by atoms with E-state index in [1.165, 1.54) is 13.1 Å². The molecule has 0 spiro atoms. The largest absolute Gasteiger partial charge is 0.368 e. The van der Waals surface area contributed by atoms with Crippen molar-refractivity contribution in [3.05, 3.63) is 41.8 Å². The quantitative estimate of drug-likeness (QED) is 0.704. The molecule has 3 heterocycles. The van der Waals surface area contributed by atoms with Crippen LogP contribution in [0.4, 0.5) is 5.82 Å². The molecule has 1 aliphatic rings. The maximum Gasteiger partial charge on any atom is 0.172 e. The number of piperazine rings is 1. The third-order valence-corrected chi connectivity index (χ3v) is 6.25. The molecule has 1 aromatic carbocycles. The van der Waals surface area contributed by atoms with Crippen LogP contribution < -0.4 is 5.32 Å². The van der Waals surface area contributed by atoms with Gasteiger partial charge in [0.15, 0.2) is 5.82 Å². The molecule has 2 aromatic heterocycles. The first-order chi connectivity index (χ1) is 13.2. The second-order valence-corrected chi connectivity index (χ2v) is 8.04. The average molecular weight is 382 g/mol. The maximum absolute atomic E-state index is 4.85. The van der Waals surface area contributed by atoms with Gasteiger partial charge in [0.2, 0.25) is 0 Å². The van der Waals surface area contributed by atoms with E-state index in [2.05, 4.69) is 58.6 Å². The first kappa shape index (κ1) is 18.3. The Morgan fingerprint density at radius 3 is 2.63 bits per heavy atom. The van der Waals surface area contributed by atoms with E-state index in [1.54, 1.807) is 11.3 Å². The molecule has 27 heavy (non-hydrogen) atoms. The zero-order valence-electron chi connectivity index (χ0n) is 16.1. The summed E-state index contributed by atoms with van der Waals surface area (Å²) in [5.74, 6) is 1.73. The lowest BCUT2D eigenvalue weighted by Crippen LogP contribution is -2.51. The second-order valence-electron chi connectivity index (χ2n) is 7.09. The van der Waals surface area contributed by atoms with Crippen molar-refractivity contribution in [1.82, 2.24) is 19.8 Å². The number of likely N-dealkylation sites (N-methyl/N-ethyl adjacent to an activating group) is 1. The molecule has 1 saturated heterocycles. The van der Waals surface area contributed by atoms with E-state index in [9.17, 15) is 0 Å². The lowest BCUT2D eigenvalue weighted by Gasteiger charge is -2.37. The van der Waals surface area contributed by atoms with E-state index in [4.69, 9.17) is 9.97 Å². The monoisotopic (exact) mass is 381 g/mol. The van der Waals surface area contributed by atoms with Crippen molar-refractivity contribution in [2.75, 3.05) is 44.6 Å². The summed E-state index contributed by atoms with van der Waals surface area (Å²) >= 11 is 1.68. The molecule has 0 amide bonds. The number of anilines is 1. The fourth-order valence-electron chi connectivity index (χ4n) is 3.62. The standard InChI is InChI=1S/C21H27N5S/c1-3-25-10-12-26(13-11-25)16(2)15-22-20-17-7-4-5-8-18(17)23-21(24-20)19-9-6-14-27-19/h4-9,14,16H,3,10-13,15H2,1-2H3,(H,22,23,24). The van der Waals surface area contributed by atoms with E-state index >= 15 is 0 Å². The van der Waals surface area contributed by atoms with Crippen molar-refractivity contribution in [2.24, 2.45) is 0 Å². The van der Waals surface area contributed by atoms with Crippen LogP contribution in [0.25, 0.3) is 21.6 Å². The molecular formula is C21H27N5S. The highest BCUT2D eigenvalue weighted by Crippen LogP contribution is 2.27. The van der Waals surface area contributed by atoms with Crippen molar-refractivity contribution in [3.63, 3.8) is 0 Å². The van der Waals surface area contributed by atoms with E-state index in [1.807, 2.05) is 12.1 Å². The van der Waals surface area contributed by atoms with Gasteiger partial charge in [-0.2, -0.15) is 0 Å². The van der Waals surface area contributed by atoms with Crippen LogP contribution in [0.1, 0.15) is 13.8 Å². The maximum atomic E-state index is 4.85. The molecule has 1 N–H and O–H groups in total. The molecule has 3 aromatic rings. The third-order valence-electron chi connectivity index (χ3n) is 5.39. The number of nitrogens with zero attached hydrogens (tertiary/aromatic N) is 4. The van der Waals surface area contributed by atoms with Gasteiger partial charge in [0.05, 0.1) is 10.4 Å². The first-order valence-corrected chi connectivity index (χ1v) is 10.6. The lowest BCUT2D eigenvalue weighted by atomic mass is 10.2. The topological polar surface area (TPSA) is 44.3 Å². The van der Waals surface area contributed by atoms with Gasteiger partial charge in [-0.15, -0.1) is 11.3 Å². The van der Waals surface area contributed by atoms with E-state index in [-0.39, 0.29) is 0 Å². The summed E-state index contributed by atoms with van der Waals surface area (Å²) in [6.45, 7) is 11.2. The SMILES string of the molecule is CCN1CCN(C(C)CNc2nc(-c3cccs3)nc3ccccc23)CC1. The highest BCUT2D eigenvalue weighted by Gasteiger charge is 2.20. The highest BCUT2D eigenvalue weighted by molar-refractivity contribution is 7.13. The Morgan fingerprint density at radius 2 is 1.89 bits per heavy atom. The minimum absolute atomic E-state index is 0.475. The van der Waals surface area contributed by atoms with Crippen LogP contribution in [-0.2, 0) is 0 Å². The molecule has 1 aliphatic heterocycles. The van der Waals surface area contributed by atoms with Crippen LogP contribution >= 0.6 is 11.3 Å². The molecule has 4 rings (SSSR count). The van der Waals surface area contributed by atoms with Crippen LogP contribution in [0.3, 0.4) is 0 Å². The molecule has 0 saturated carbocycles. The van der Waals surface area contributed by atoms with Crippen molar-refractivity contribution in [2.45, 2.75) is 19.9 Å². The van der Waals surface area contributed by atoms with Gasteiger partial charge in [0, 0.05) is 44.2 Å². The number of fused-ring (bicyclic) bond motifs is 1. The summed E-state index contributed by atoms with van der Waals surface area (Å²) in [5.41, 5.74) is 0.989. The molecule has 6 heteroatoms. The minimum Gasteiger partial charge on any atom is -0.368 e. The molecule has 142 valence electrons. The molecule has 0 bridgehead atoms. The third kappa shape index (κ3) is 4.13.